The summed E-state index contributed by atoms with van der Waals surface area (Å²) in [6, 6.07) is 0. The van der Waals surface area contributed by atoms with Crippen molar-refractivity contribution in [2.24, 2.45) is 0 Å². The minimum Gasteiger partial charge on any atom is -0.462 e. The second-order valence-electron chi connectivity index (χ2n) is 23.1. The van der Waals surface area contributed by atoms with Gasteiger partial charge in [0, 0.05) is 19.3 Å². The zero-order valence-electron chi connectivity index (χ0n) is 54.4. The number of carbonyl (C=O) groups excluding carboxylic acids is 3. The molecular weight excluding hydrogens is 1020 g/mol. The van der Waals surface area contributed by atoms with Crippen molar-refractivity contribution in [2.45, 2.75) is 335 Å². The van der Waals surface area contributed by atoms with Crippen LogP contribution in [0.5, 0.6) is 0 Å². The Kier molecular flexibility index (Phi) is 66.7. The molecule has 1 atom stereocenters. The van der Waals surface area contributed by atoms with E-state index < -0.39 is 6.10 Å². The second-order valence-corrected chi connectivity index (χ2v) is 23.1. The largest absolute Gasteiger partial charge is 0.462 e. The van der Waals surface area contributed by atoms with Crippen LogP contribution in [-0.4, -0.2) is 37.2 Å². The summed E-state index contributed by atoms with van der Waals surface area (Å²) in [7, 11) is 0. The van der Waals surface area contributed by atoms with Crippen LogP contribution in [0.3, 0.4) is 0 Å². The third-order valence-corrected chi connectivity index (χ3v) is 14.9. The number of ether oxygens (including phenoxy) is 3. The molecule has 0 spiro atoms. The average molecular weight is 1150 g/mol. The van der Waals surface area contributed by atoms with Crippen LogP contribution in [0, 0.1) is 0 Å². The molecule has 0 amide bonds. The van der Waals surface area contributed by atoms with Crippen LogP contribution in [0.15, 0.2) is 122 Å². The molecular formula is C77H130O6. The number of carbonyl (C=O) groups is 3. The lowest BCUT2D eigenvalue weighted by Gasteiger charge is -2.18. The van der Waals surface area contributed by atoms with E-state index in [4.69, 9.17) is 14.2 Å². The topological polar surface area (TPSA) is 78.9 Å². The summed E-state index contributed by atoms with van der Waals surface area (Å²) in [5.74, 6) is -0.902. The molecule has 6 nitrogen and oxygen atoms in total. The molecule has 0 aromatic carbocycles. The summed E-state index contributed by atoms with van der Waals surface area (Å²) < 4.78 is 17.0. The predicted octanol–water partition coefficient (Wildman–Crippen LogP) is 24.3. The first kappa shape index (κ1) is 78.8. The smallest absolute Gasteiger partial charge is 0.306 e. The molecule has 474 valence electrons. The Morgan fingerprint density at radius 2 is 0.470 bits per heavy atom. The van der Waals surface area contributed by atoms with Crippen molar-refractivity contribution in [2.75, 3.05) is 13.2 Å². The van der Waals surface area contributed by atoms with Gasteiger partial charge in [0.2, 0.25) is 0 Å². The number of esters is 3. The van der Waals surface area contributed by atoms with Crippen molar-refractivity contribution in [3.05, 3.63) is 122 Å². The predicted molar refractivity (Wildman–Crippen MR) is 362 cm³/mol. The Morgan fingerprint density at radius 3 is 0.759 bits per heavy atom. The summed E-state index contributed by atoms with van der Waals surface area (Å²) >= 11 is 0. The molecule has 0 heterocycles. The van der Waals surface area contributed by atoms with Gasteiger partial charge in [-0.25, -0.2) is 0 Å². The van der Waals surface area contributed by atoms with E-state index in [-0.39, 0.29) is 31.1 Å². The molecule has 0 fully saturated rings. The van der Waals surface area contributed by atoms with Gasteiger partial charge >= 0.3 is 17.9 Å². The first-order valence-corrected chi connectivity index (χ1v) is 35.0. The zero-order chi connectivity index (χ0) is 59.9. The first-order valence-electron chi connectivity index (χ1n) is 35.0. The third kappa shape index (κ3) is 68.5. The van der Waals surface area contributed by atoms with E-state index in [9.17, 15) is 14.4 Å². The fourth-order valence-corrected chi connectivity index (χ4v) is 9.68. The standard InChI is InChI=1S/C77H130O6/c1-4-7-10-13-16-19-22-25-28-30-32-34-36-38-40-42-44-46-49-52-55-58-61-64-67-70-76(79)82-73-74(72-81-75(78)69-66-63-60-57-54-51-48-27-24-21-18-15-12-9-6-3)83-77(80)71-68-65-62-59-56-53-50-47-45-43-41-39-37-35-33-31-29-26-23-20-17-14-11-8-5-2/h7,10,16,18-19,21,23,25-28,31-34,37-40,48,74H,4-6,8-9,11-15,17,20,22,24,29-30,35-36,41-47,49-73H2,1-3H3/b10-7-,19-16-,21-18-,26-23-,28-25-,33-31-,34-32-,39-37-,40-38-,48-27-. The van der Waals surface area contributed by atoms with E-state index in [1.165, 1.54) is 154 Å². The van der Waals surface area contributed by atoms with E-state index in [2.05, 4.69) is 142 Å². The maximum atomic E-state index is 13.0. The molecule has 0 aliphatic rings. The van der Waals surface area contributed by atoms with Gasteiger partial charge in [-0.2, -0.15) is 0 Å². The molecule has 0 rings (SSSR count). The normalized spacial score (nSPS) is 12.9. The summed E-state index contributed by atoms with van der Waals surface area (Å²) in [4.78, 5) is 38.5. The van der Waals surface area contributed by atoms with Gasteiger partial charge in [0.1, 0.15) is 13.2 Å². The molecule has 6 heteroatoms. The van der Waals surface area contributed by atoms with Crippen molar-refractivity contribution in [3.8, 4) is 0 Å². The molecule has 0 aromatic rings. The fraction of sp³-hybridized carbons (Fsp3) is 0.701. The number of unbranched alkanes of at least 4 members (excludes halogenated alkanes) is 32. The van der Waals surface area contributed by atoms with Crippen LogP contribution in [-0.2, 0) is 28.6 Å². The molecule has 1 unspecified atom stereocenters. The highest BCUT2D eigenvalue weighted by atomic mass is 16.6. The molecule has 0 N–H and O–H groups in total. The van der Waals surface area contributed by atoms with Crippen molar-refractivity contribution in [3.63, 3.8) is 0 Å². The molecule has 0 bridgehead atoms. The van der Waals surface area contributed by atoms with E-state index in [1.54, 1.807) is 0 Å². The lowest BCUT2D eigenvalue weighted by Crippen LogP contribution is -2.30. The quantitative estimate of drug-likeness (QED) is 0.0261. The molecule has 0 aliphatic carbocycles. The Balaban J connectivity index is 4.38. The average Bonchev–Trinajstić information content (AvgIpc) is 3.49. The summed E-state index contributed by atoms with van der Waals surface area (Å²) in [5.41, 5.74) is 0. The monoisotopic (exact) mass is 1150 g/mol. The lowest BCUT2D eigenvalue weighted by molar-refractivity contribution is -0.167. The van der Waals surface area contributed by atoms with Gasteiger partial charge in [0.15, 0.2) is 6.10 Å². The van der Waals surface area contributed by atoms with E-state index >= 15 is 0 Å². The molecule has 0 aliphatic heterocycles. The molecule has 0 radical (unpaired) electrons. The molecule has 0 saturated carbocycles. The number of allylic oxidation sites excluding steroid dienone is 20. The molecule has 83 heavy (non-hydrogen) atoms. The van der Waals surface area contributed by atoms with Crippen LogP contribution < -0.4 is 0 Å². The highest BCUT2D eigenvalue weighted by Gasteiger charge is 2.19. The van der Waals surface area contributed by atoms with Crippen LogP contribution in [0.4, 0.5) is 0 Å². The van der Waals surface area contributed by atoms with Gasteiger partial charge in [-0.15, -0.1) is 0 Å². The maximum absolute atomic E-state index is 13.0. The Bertz CT molecular complexity index is 1700. The number of hydrogen-bond acceptors (Lipinski definition) is 6. The van der Waals surface area contributed by atoms with Crippen LogP contribution in [0.1, 0.15) is 329 Å². The minimum atomic E-state index is -0.794. The van der Waals surface area contributed by atoms with Crippen molar-refractivity contribution >= 4 is 17.9 Å². The Morgan fingerprint density at radius 1 is 0.253 bits per heavy atom. The fourth-order valence-electron chi connectivity index (χ4n) is 9.68. The first-order chi connectivity index (χ1) is 41.0. The van der Waals surface area contributed by atoms with Crippen molar-refractivity contribution < 1.29 is 28.6 Å². The minimum absolute atomic E-state index is 0.0887. The van der Waals surface area contributed by atoms with E-state index in [0.29, 0.717) is 19.3 Å². The molecule has 0 saturated heterocycles. The zero-order valence-corrected chi connectivity index (χ0v) is 54.4. The van der Waals surface area contributed by atoms with Gasteiger partial charge in [0.25, 0.3) is 0 Å². The lowest BCUT2D eigenvalue weighted by atomic mass is 10.0. The number of hydrogen-bond donors (Lipinski definition) is 0. The van der Waals surface area contributed by atoms with Crippen molar-refractivity contribution in [1.29, 1.82) is 0 Å². The van der Waals surface area contributed by atoms with Crippen LogP contribution in [0.2, 0.25) is 0 Å². The van der Waals surface area contributed by atoms with Gasteiger partial charge in [-0.1, -0.05) is 296 Å². The van der Waals surface area contributed by atoms with Crippen LogP contribution in [0.25, 0.3) is 0 Å². The van der Waals surface area contributed by atoms with E-state index in [0.717, 1.165) is 135 Å². The van der Waals surface area contributed by atoms with Crippen molar-refractivity contribution in [1.82, 2.24) is 0 Å². The summed E-state index contributed by atoms with van der Waals surface area (Å²) in [5, 5.41) is 0. The highest BCUT2D eigenvalue weighted by Crippen LogP contribution is 2.16. The highest BCUT2D eigenvalue weighted by molar-refractivity contribution is 5.71. The second kappa shape index (κ2) is 70.3. The van der Waals surface area contributed by atoms with E-state index in [1.807, 2.05) is 0 Å². The third-order valence-electron chi connectivity index (χ3n) is 14.9. The van der Waals surface area contributed by atoms with Gasteiger partial charge in [0.05, 0.1) is 0 Å². The maximum Gasteiger partial charge on any atom is 0.306 e. The Hall–Kier alpha value is -4.19. The summed E-state index contributed by atoms with van der Waals surface area (Å²) in [6.07, 6.45) is 97.8. The van der Waals surface area contributed by atoms with Crippen LogP contribution >= 0.6 is 0 Å². The number of rotatable bonds is 63. The van der Waals surface area contributed by atoms with Gasteiger partial charge in [-0.05, 0) is 135 Å². The van der Waals surface area contributed by atoms with Gasteiger partial charge in [-0.3, -0.25) is 14.4 Å². The van der Waals surface area contributed by atoms with Gasteiger partial charge < -0.3 is 14.2 Å². The SMILES string of the molecule is CC/C=C\C/C=C\C/C=C\C/C=C\C/C=C\CCCCCCCCCCCC(=O)OCC(COC(=O)CCCCCCC/C=C\C/C=C\CCCCC)OC(=O)CCCCCCCCCCCC/C=C\C/C=C\C/C=C\CCCCCCC. The molecule has 0 aromatic heterocycles. The summed E-state index contributed by atoms with van der Waals surface area (Å²) in [6.45, 7) is 6.50. The Labute approximate surface area is 513 Å².